The zero-order chi connectivity index (χ0) is 15.7. The van der Waals surface area contributed by atoms with Crippen LogP contribution in [0.1, 0.15) is 11.1 Å². The first kappa shape index (κ1) is 14.5. The van der Waals surface area contributed by atoms with Crippen LogP contribution in [0.3, 0.4) is 0 Å². The molecule has 0 unspecified atom stereocenters. The Hall–Kier alpha value is -2.40. The molecule has 0 aliphatic heterocycles. The van der Waals surface area contributed by atoms with E-state index in [1.165, 1.54) is 0 Å². The number of aryl methyl sites for hydroxylation is 2. The monoisotopic (exact) mass is 312 g/mol. The molecule has 0 spiro atoms. The first-order chi connectivity index (χ1) is 10.5. The lowest BCUT2D eigenvalue weighted by Crippen LogP contribution is -2.16. The van der Waals surface area contributed by atoms with Crippen LogP contribution in [0, 0.1) is 13.8 Å². The summed E-state index contributed by atoms with van der Waals surface area (Å²) >= 11 is 0. The molecule has 4 nitrogen and oxygen atoms in total. The minimum absolute atomic E-state index is 0.322. The van der Waals surface area contributed by atoms with Crippen molar-refractivity contribution in [3.05, 3.63) is 65.9 Å². The summed E-state index contributed by atoms with van der Waals surface area (Å²) in [5.74, 6) is 0. The Morgan fingerprint density at radius 3 is 2.27 bits per heavy atom. The number of nitrogens with zero attached hydrogens (tertiary/aromatic N) is 1. The van der Waals surface area contributed by atoms with Crippen molar-refractivity contribution in [1.82, 2.24) is 4.98 Å². The van der Waals surface area contributed by atoms with Crippen LogP contribution >= 0.6 is 0 Å². The molecular weight excluding hydrogens is 296 g/mol. The maximum absolute atomic E-state index is 12.7. The first-order valence-electron chi connectivity index (χ1n) is 6.92. The van der Waals surface area contributed by atoms with Crippen molar-refractivity contribution in [3.63, 3.8) is 0 Å². The van der Waals surface area contributed by atoms with E-state index in [2.05, 4.69) is 9.71 Å². The number of hydrogen-bond acceptors (Lipinski definition) is 3. The Bertz CT molecular complexity index is 924. The van der Waals surface area contributed by atoms with Crippen LogP contribution in [0.25, 0.3) is 10.9 Å². The summed E-state index contributed by atoms with van der Waals surface area (Å²) in [5, 5.41) is 0.893. The Kier molecular flexibility index (Phi) is 3.58. The van der Waals surface area contributed by atoms with E-state index in [1.807, 2.05) is 30.3 Å². The number of rotatable bonds is 3. The summed E-state index contributed by atoms with van der Waals surface area (Å²) in [6, 6.07) is 14.6. The van der Waals surface area contributed by atoms with Crippen LogP contribution in [0.2, 0.25) is 0 Å². The summed E-state index contributed by atoms with van der Waals surface area (Å²) in [6.45, 7) is 3.59. The van der Waals surface area contributed by atoms with Gasteiger partial charge in [0.25, 0.3) is 10.0 Å². The summed E-state index contributed by atoms with van der Waals surface area (Å²) in [6.07, 6.45) is 1.65. The third kappa shape index (κ3) is 2.55. The number of para-hydroxylation sites is 1. The highest BCUT2D eigenvalue weighted by Gasteiger charge is 2.20. The van der Waals surface area contributed by atoms with Crippen molar-refractivity contribution in [2.45, 2.75) is 18.7 Å². The number of anilines is 1. The minimum Gasteiger partial charge on any atom is -0.277 e. The highest BCUT2D eigenvalue weighted by Crippen LogP contribution is 2.26. The van der Waals surface area contributed by atoms with Gasteiger partial charge in [0.2, 0.25) is 0 Å². The van der Waals surface area contributed by atoms with Gasteiger partial charge in [-0.2, -0.15) is 0 Å². The molecule has 0 fully saturated rings. The molecule has 3 rings (SSSR count). The lowest BCUT2D eigenvalue weighted by Gasteiger charge is -2.13. The number of hydrogen-bond donors (Lipinski definition) is 1. The Labute approximate surface area is 129 Å². The largest absolute Gasteiger partial charge is 0.277 e. The van der Waals surface area contributed by atoms with E-state index in [-0.39, 0.29) is 0 Å². The summed E-state index contributed by atoms with van der Waals surface area (Å²) in [4.78, 5) is 4.60. The van der Waals surface area contributed by atoms with E-state index in [0.717, 1.165) is 16.5 Å². The number of pyridine rings is 1. The van der Waals surface area contributed by atoms with Crippen molar-refractivity contribution in [3.8, 4) is 0 Å². The van der Waals surface area contributed by atoms with Gasteiger partial charge < -0.3 is 0 Å². The average molecular weight is 312 g/mol. The lowest BCUT2D eigenvalue weighted by molar-refractivity contribution is 0.600. The molecule has 2 aromatic carbocycles. The highest BCUT2D eigenvalue weighted by molar-refractivity contribution is 7.92. The first-order valence-corrected chi connectivity index (χ1v) is 8.40. The summed E-state index contributed by atoms with van der Waals surface area (Å²) < 4.78 is 28.2. The van der Waals surface area contributed by atoms with Crippen molar-refractivity contribution >= 4 is 26.6 Å². The molecule has 0 bridgehead atoms. The van der Waals surface area contributed by atoms with Gasteiger partial charge in [0.1, 0.15) is 0 Å². The molecule has 0 aliphatic rings. The number of fused-ring (bicyclic) bond motifs is 1. The Morgan fingerprint density at radius 1 is 0.909 bits per heavy atom. The van der Waals surface area contributed by atoms with Crippen LogP contribution in [-0.2, 0) is 10.0 Å². The minimum atomic E-state index is -3.66. The third-order valence-electron chi connectivity index (χ3n) is 3.55. The van der Waals surface area contributed by atoms with Crippen LogP contribution in [0.15, 0.2) is 59.6 Å². The van der Waals surface area contributed by atoms with E-state index in [9.17, 15) is 8.42 Å². The number of aromatic nitrogens is 1. The molecule has 0 saturated carbocycles. The van der Waals surface area contributed by atoms with Crippen molar-refractivity contribution in [2.24, 2.45) is 0 Å². The van der Waals surface area contributed by atoms with Gasteiger partial charge in [0.05, 0.1) is 16.1 Å². The van der Waals surface area contributed by atoms with E-state index >= 15 is 0 Å². The SMILES string of the molecule is Cc1cccc(C)c1S(=O)(=O)Nc1cccc2cccnc12. The van der Waals surface area contributed by atoms with E-state index < -0.39 is 10.0 Å². The topological polar surface area (TPSA) is 59.1 Å². The van der Waals surface area contributed by atoms with Crippen molar-refractivity contribution in [1.29, 1.82) is 0 Å². The molecule has 0 saturated heterocycles. The van der Waals surface area contributed by atoms with Crippen molar-refractivity contribution < 1.29 is 8.42 Å². The van der Waals surface area contributed by atoms with E-state index in [4.69, 9.17) is 0 Å². The molecule has 0 radical (unpaired) electrons. The van der Waals surface area contributed by atoms with Gasteiger partial charge in [0.15, 0.2) is 0 Å². The second-order valence-corrected chi connectivity index (χ2v) is 6.83. The molecule has 112 valence electrons. The van der Waals surface area contributed by atoms with E-state index in [0.29, 0.717) is 16.1 Å². The van der Waals surface area contributed by atoms with Crippen LogP contribution < -0.4 is 4.72 Å². The van der Waals surface area contributed by atoms with Gasteiger partial charge in [-0.3, -0.25) is 9.71 Å². The van der Waals surface area contributed by atoms with Crippen LogP contribution in [-0.4, -0.2) is 13.4 Å². The summed E-state index contributed by atoms with van der Waals surface area (Å²) in [5.41, 5.74) is 2.57. The van der Waals surface area contributed by atoms with Gasteiger partial charge in [-0.1, -0.05) is 36.4 Å². The quantitative estimate of drug-likeness (QED) is 0.803. The zero-order valence-corrected chi connectivity index (χ0v) is 13.2. The highest BCUT2D eigenvalue weighted by atomic mass is 32.2. The lowest BCUT2D eigenvalue weighted by atomic mass is 10.2. The predicted octanol–water partition coefficient (Wildman–Crippen LogP) is 3.65. The van der Waals surface area contributed by atoms with Crippen LogP contribution in [0.4, 0.5) is 5.69 Å². The second kappa shape index (κ2) is 5.42. The maximum Gasteiger partial charge on any atom is 0.262 e. The molecule has 1 heterocycles. The van der Waals surface area contributed by atoms with E-state index in [1.54, 1.807) is 38.2 Å². The molecule has 0 aliphatic carbocycles. The van der Waals surface area contributed by atoms with Gasteiger partial charge in [-0.15, -0.1) is 0 Å². The molecule has 0 atom stereocenters. The molecule has 5 heteroatoms. The molecule has 1 aromatic heterocycles. The molecule has 22 heavy (non-hydrogen) atoms. The maximum atomic E-state index is 12.7. The van der Waals surface area contributed by atoms with Gasteiger partial charge >= 0.3 is 0 Å². The fourth-order valence-corrected chi connectivity index (χ4v) is 4.15. The normalized spacial score (nSPS) is 11.5. The average Bonchev–Trinajstić information content (AvgIpc) is 2.47. The number of nitrogens with one attached hydrogen (secondary N) is 1. The molecule has 3 aromatic rings. The molecule has 1 N–H and O–H groups in total. The second-order valence-electron chi connectivity index (χ2n) is 5.21. The van der Waals surface area contributed by atoms with Crippen molar-refractivity contribution in [2.75, 3.05) is 4.72 Å². The van der Waals surface area contributed by atoms with Gasteiger partial charge in [0, 0.05) is 11.6 Å². The third-order valence-corrected chi connectivity index (χ3v) is 5.22. The van der Waals surface area contributed by atoms with Crippen LogP contribution in [0.5, 0.6) is 0 Å². The van der Waals surface area contributed by atoms with Gasteiger partial charge in [-0.05, 0) is 37.1 Å². The molecule has 0 amide bonds. The smallest absolute Gasteiger partial charge is 0.262 e. The Balaban J connectivity index is 2.12. The number of sulfonamides is 1. The zero-order valence-electron chi connectivity index (χ0n) is 12.4. The fraction of sp³-hybridized carbons (Fsp3) is 0.118. The fourth-order valence-electron chi connectivity index (χ4n) is 2.61. The predicted molar refractivity (Wildman–Crippen MR) is 88.5 cm³/mol. The number of benzene rings is 2. The standard InChI is InChI=1S/C17H16N2O2S/c1-12-6-3-7-13(2)17(12)22(20,21)19-15-10-4-8-14-9-5-11-18-16(14)15/h3-11,19H,1-2H3. The van der Waals surface area contributed by atoms with Gasteiger partial charge in [-0.25, -0.2) is 8.42 Å². The Morgan fingerprint density at radius 2 is 1.55 bits per heavy atom. The summed E-state index contributed by atoms with van der Waals surface area (Å²) in [7, 11) is -3.66. The molecular formula is C17H16N2O2S.